The minimum Gasteiger partial charge on any atom is -0.481 e. The molecule has 2 rings (SSSR count). The summed E-state index contributed by atoms with van der Waals surface area (Å²) in [6, 6.07) is 0.668. The molecule has 2 aliphatic rings. The van der Waals surface area contributed by atoms with Crippen LogP contribution < -0.4 is 0 Å². The molecule has 0 aromatic carbocycles. The zero-order chi connectivity index (χ0) is 10.1. The summed E-state index contributed by atoms with van der Waals surface area (Å²) in [6.45, 7) is 1.58. The van der Waals surface area contributed by atoms with Gasteiger partial charge in [0.25, 0.3) is 0 Å². The zero-order valence-corrected chi connectivity index (χ0v) is 8.48. The van der Waals surface area contributed by atoms with Gasteiger partial charge in [0.15, 0.2) is 0 Å². The number of aliphatic carboxylic acids is 1. The summed E-state index contributed by atoms with van der Waals surface area (Å²) in [7, 11) is 2.03. The molecule has 1 saturated heterocycles. The summed E-state index contributed by atoms with van der Waals surface area (Å²) in [4.78, 5) is 13.1. The molecule has 0 aromatic rings. The highest BCUT2D eigenvalue weighted by molar-refractivity contribution is 5.72. The topological polar surface area (TPSA) is 49.8 Å². The molecule has 1 aliphatic carbocycles. The maximum absolute atomic E-state index is 10.9. The van der Waals surface area contributed by atoms with Gasteiger partial charge in [0.2, 0.25) is 0 Å². The Hall–Kier alpha value is -0.610. The summed E-state index contributed by atoms with van der Waals surface area (Å²) in [5, 5.41) is 8.94. The van der Waals surface area contributed by atoms with Gasteiger partial charge in [0.1, 0.15) is 0 Å². The van der Waals surface area contributed by atoms with Crippen molar-refractivity contribution in [2.75, 3.05) is 20.3 Å². The Morgan fingerprint density at radius 3 is 2.64 bits per heavy atom. The fourth-order valence-electron chi connectivity index (χ4n) is 2.37. The maximum atomic E-state index is 10.9. The Kier molecular flexibility index (Phi) is 2.74. The number of nitrogens with zero attached hydrogens (tertiary/aromatic N) is 1. The molecule has 0 aromatic heterocycles. The molecule has 4 heteroatoms. The van der Waals surface area contributed by atoms with Crippen molar-refractivity contribution in [2.45, 2.75) is 31.3 Å². The van der Waals surface area contributed by atoms with E-state index in [1.54, 1.807) is 0 Å². The largest absolute Gasteiger partial charge is 0.481 e. The van der Waals surface area contributed by atoms with Crippen molar-refractivity contribution >= 4 is 5.97 Å². The molecular weight excluding hydrogens is 182 g/mol. The van der Waals surface area contributed by atoms with Gasteiger partial charge in [0.05, 0.1) is 12.5 Å². The van der Waals surface area contributed by atoms with Crippen molar-refractivity contribution in [1.29, 1.82) is 0 Å². The zero-order valence-electron chi connectivity index (χ0n) is 8.48. The van der Waals surface area contributed by atoms with Gasteiger partial charge in [-0.1, -0.05) is 0 Å². The first-order chi connectivity index (χ1) is 6.70. The summed E-state index contributed by atoms with van der Waals surface area (Å²) < 4.78 is 5.30. The standard InChI is InChI=1S/C10H17NO3/c1-11(7-4-5-14-6-7)9-3-2-8(9)10(12)13/h7-9H,2-6H2,1H3,(H,12,13). The number of rotatable bonds is 3. The second-order valence-corrected chi connectivity index (χ2v) is 4.27. The lowest BCUT2D eigenvalue weighted by molar-refractivity contribution is -0.149. The number of carbonyl (C=O) groups is 1. The maximum Gasteiger partial charge on any atom is 0.308 e. The van der Waals surface area contributed by atoms with E-state index in [0.717, 1.165) is 32.5 Å². The minimum absolute atomic E-state index is 0.152. The third-order valence-corrected chi connectivity index (χ3v) is 3.56. The molecule has 1 heterocycles. The van der Waals surface area contributed by atoms with Crippen LogP contribution in [-0.2, 0) is 9.53 Å². The lowest BCUT2D eigenvalue weighted by atomic mass is 9.78. The third kappa shape index (κ3) is 1.64. The lowest BCUT2D eigenvalue weighted by Gasteiger charge is -2.42. The molecule has 80 valence electrons. The Balaban J connectivity index is 1.91. The van der Waals surface area contributed by atoms with E-state index in [-0.39, 0.29) is 12.0 Å². The third-order valence-electron chi connectivity index (χ3n) is 3.56. The van der Waals surface area contributed by atoms with Crippen molar-refractivity contribution in [3.63, 3.8) is 0 Å². The summed E-state index contributed by atoms with van der Waals surface area (Å²) in [6.07, 6.45) is 2.89. The van der Waals surface area contributed by atoms with Crippen molar-refractivity contribution in [1.82, 2.24) is 4.90 Å². The van der Waals surface area contributed by atoms with Crippen LogP contribution in [0.1, 0.15) is 19.3 Å². The van der Waals surface area contributed by atoms with Crippen LogP contribution >= 0.6 is 0 Å². The van der Waals surface area contributed by atoms with Gasteiger partial charge in [-0.25, -0.2) is 0 Å². The number of ether oxygens (including phenoxy) is 1. The van der Waals surface area contributed by atoms with Gasteiger partial charge in [-0.05, 0) is 26.3 Å². The highest BCUT2D eigenvalue weighted by Crippen LogP contribution is 2.33. The van der Waals surface area contributed by atoms with E-state index < -0.39 is 5.97 Å². The van der Waals surface area contributed by atoms with Crippen LogP contribution in [0.3, 0.4) is 0 Å². The van der Waals surface area contributed by atoms with Gasteiger partial charge >= 0.3 is 5.97 Å². The highest BCUT2D eigenvalue weighted by Gasteiger charge is 2.41. The molecule has 14 heavy (non-hydrogen) atoms. The summed E-state index contributed by atoms with van der Waals surface area (Å²) in [5.74, 6) is -0.799. The monoisotopic (exact) mass is 199 g/mol. The summed E-state index contributed by atoms with van der Waals surface area (Å²) in [5.41, 5.74) is 0. The molecule has 1 saturated carbocycles. The van der Waals surface area contributed by atoms with Crippen LogP contribution in [0, 0.1) is 5.92 Å². The second kappa shape index (κ2) is 3.87. The van der Waals surface area contributed by atoms with E-state index in [1.807, 2.05) is 7.05 Å². The number of likely N-dealkylation sites (N-methyl/N-ethyl adjacent to an activating group) is 1. The van der Waals surface area contributed by atoms with E-state index >= 15 is 0 Å². The van der Waals surface area contributed by atoms with E-state index in [9.17, 15) is 4.79 Å². The Morgan fingerprint density at radius 2 is 2.21 bits per heavy atom. The molecule has 0 spiro atoms. The van der Waals surface area contributed by atoms with Gasteiger partial charge in [-0.2, -0.15) is 0 Å². The van der Waals surface area contributed by atoms with Crippen molar-refractivity contribution < 1.29 is 14.6 Å². The Morgan fingerprint density at radius 1 is 1.43 bits per heavy atom. The molecule has 4 nitrogen and oxygen atoms in total. The second-order valence-electron chi connectivity index (χ2n) is 4.27. The predicted octanol–water partition coefficient (Wildman–Crippen LogP) is 0.570. The normalized spacial score (nSPS) is 37.1. The molecule has 1 N–H and O–H groups in total. The van der Waals surface area contributed by atoms with Gasteiger partial charge in [-0.15, -0.1) is 0 Å². The fraction of sp³-hybridized carbons (Fsp3) is 0.900. The van der Waals surface area contributed by atoms with Crippen LogP contribution in [-0.4, -0.2) is 48.3 Å². The van der Waals surface area contributed by atoms with Crippen LogP contribution in [0.5, 0.6) is 0 Å². The Bertz CT molecular complexity index is 225. The lowest BCUT2D eigenvalue weighted by Crippen LogP contribution is -2.52. The van der Waals surface area contributed by atoms with Gasteiger partial charge < -0.3 is 9.84 Å². The van der Waals surface area contributed by atoms with E-state index in [0.29, 0.717) is 6.04 Å². The number of carboxylic acids is 1. The van der Waals surface area contributed by atoms with Crippen LogP contribution in [0.4, 0.5) is 0 Å². The Labute approximate surface area is 83.8 Å². The number of hydrogen-bond acceptors (Lipinski definition) is 3. The minimum atomic E-state index is -0.646. The molecule has 0 amide bonds. The molecule has 1 aliphatic heterocycles. The molecule has 3 unspecified atom stereocenters. The molecule has 2 fully saturated rings. The molecule has 0 radical (unpaired) electrons. The first kappa shape index (κ1) is 9.93. The van der Waals surface area contributed by atoms with E-state index in [4.69, 9.17) is 9.84 Å². The van der Waals surface area contributed by atoms with Crippen LogP contribution in [0.2, 0.25) is 0 Å². The van der Waals surface area contributed by atoms with Crippen LogP contribution in [0.15, 0.2) is 0 Å². The van der Waals surface area contributed by atoms with Gasteiger partial charge in [-0.3, -0.25) is 9.69 Å². The summed E-state index contributed by atoms with van der Waals surface area (Å²) >= 11 is 0. The quantitative estimate of drug-likeness (QED) is 0.722. The van der Waals surface area contributed by atoms with Crippen molar-refractivity contribution in [3.05, 3.63) is 0 Å². The number of hydrogen-bond donors (Lipinski definition) is 1. The molecule has 3 atom stereocenters. The van der Waals surface area contributed by atoms with E-state index in [2.05, 4.69) is 4.90 Å². The van der Waals surface area contributed by atoms with E-state index in [1.165, 1.54) is 0 Å². The smallest absolute Gasteiger partial charge is 0.308 e. The van der Waals surface area contributed by atoms with Crippen LogP contribution in [0.25, 0.3) is 0 Å². The predicted molar refractivity (Wildman–Crippen MR) is 51.1 cm³/mol. The van der Waals surface area contributed by atoms with Gasteiger partial charge in [0, 0.05) is 18.7 Å². The first-order valence-corrected chi connectivity index (χ1v) is 5.22. The highest BCUT2D eigenvalue weighted by atomic mass is 16.5. The van der Waals surface area contributed by atoms with Crippen molar-refractivity contribution in [3.8, 4) is 0 Å². The SMILES string of the molecule is CN(C1CCOC1)C1CCC1C(=O)O. The first-order valence-electron chi connectivity index (χ1n) is 5.22. The fourth-order valence-corrected chi connectivity index (χ4v) is 2.37. The van der Waals surface area contributed by atoms with Crippen molar-refractivity contribution in [2.24, 2.45) is 5.92 Å². The molecule has 0 bridgehead atoms. The average molecular weight is 199 g/mol. The average Bonchev–Trinajstić information content (AvgIpc) is 2.51. The number of carboxylic acid groups (broad SMARTS) is 1. The molecular formula is C10H17NO3.